The van der Waals surface area contributed by atoms with E-state index in [1.807, 2.05) is 47.4 Å². The predicted molar refractivity (Wildman–Crippen MR) is 81.7 cm³/mol. The third-order valence-corrected chi connectivity index (χ3v) is 4.56. The van der Waals surface area contributed by atoms with Gasteiger partial charge in [-0.1, -0.05) is 30.3 Å². The average molecular weight is 303 g/mol. The second-order valence-electron chi connectivity index (χ2n) is 4.80. The van der Waals surface area contributed by atoms with Gasteiger partial charge < -0.3 is 14.1 Å². The second kappa shape index (κ2) is 6.83. The van der Waals surface area contributed by atoms with Crippen molar-refractivity contribution in [3.63, 3.8) is 0 Å². The first-order chi connectivity index (χ1) is 10.3. The summed E-state index contributed by atoms with van der Waals surface area (Å²) < 4.78 is 10.9. The molecule has 1 aliphatic rings. The number of rotatable bonds is 5. The van der Waals surface area contributed by atoms with Crippen LogP contribution in [-0.4, -0.2) is 29.7 Å². The van der Waals surface area contributed by atoms with E-state index in [0.29, 0.717) is 6.61 Å². The number of hydrogen-bond donors (Lipinski definition) is 0. The van der Waals surface area contributed by atoms with E-state index in [0.717, 1.165) is 23.6 Å². The molecule has 1 saturated heterocycles. The largest absolute Gasteiger partial charge is 0.466 e. The summed E-state index contributed by atoms with van der Waals surface area (Å²) in [6, 6.07) is 13.6. The van der Waals surface area contributed by atoms with E-state index < -0.39 is 0 Å². The smallest absolute Gasteiger partial charge is 0.249 e. The molecule has 0 N–H and O–H groups in total. The normalized spacial score (nSPS) is 18.1. The predicted octanol–water partition coefficient (Wildman–Crippen LogP) is 3.07. The number of nitrogens with zero attached hydrogens (tertiary/aromatic N) is 1. The van der Waals surface area contributed by atoms with Crippen LogP contribution >= 0.6 is 11.8 Å². The van der Waals surface area contributed by atoms with Gasteiger partial charge in [-0.25, -0.2) is 0 Å². The number of ether oxygens (including phenoxy) is 1. The molecule has 3 rings (SSSR count). The summed E-state index contributed by atoms with van der Waals surface area (Å²) in [4.78, 5) is 14.1. The maximum Gasteiger partial charge on any atom is 0.249 e. The molecule has 0 radical (unpaired) electrons. The fourth-order valence-electron chi connectivity index (χ4n) is 2.31. The second-order valence-corrected chi connectivity index (χ2v) is 5.99. The maximum absolute atomic E-state index is 12.3. The summed E-state index contributed by atoms with van der Waals surface area (Å²) in [6.45, 7) is 1.30. The number of hydrogen-bond acceptors (Lipinski definition) is 4. The van der Waals surface area contributed by atoms with Crippen LogP contribution in [0, 0.1) is 0 Å². The van der Waals surface area contributed by atoms with Gasteiger partial charge in [0.25, 0.3) is 0 Å². The summed E-state index contributed by atoms with van der Waals surface area (Å²) in [7, 11) is 0. The molecule has 0 bridgehead atoms. The zero-order valence-electron chi connectivity index (χ0n) is 11.6. The summed E-state index contributed by atoms with van der Waals surface area (Å²) in [6.07, 6.45) is 1.64. The van der Waals surface area contributed by atoms with Gasteiger partial charge in [0.2, 0.25) is 5.91 Å². The fraction of sp³-hybridized carbons (Fsp3) is 0.312. The fourth-order valence-corrected chi connectivity index (χ4v) is 3.53. The summed E-state index contributed by atoms with van der Waals surface area (Å²) in [5.41, 5.74) is 1.07. The van der Waals surface area contributed by atoms with E-state index in [1.165, 1.54) is 0 Å². The molecule has 0 spiro atoms. The Morgan fingerprint density at radius 2 is 2.14 bits per heavy atom. The van der Waals surface area contributed by atoms with E-state index in [9.17, 15) is 4.79 Å². The number of carbonyl (C=O) groups excluding carboxylic acids is 1. The number of thioether (sulfide) groups is 1. The molecule has 4 nitrogen and oxygen atoms in total. The van der Waals surface area contributed by atoms with Crippen molar-refractivity contribution in [3.05, 3.63) is 60.1 Å². The molecular weight excluding hydrogens is 286 g/mol. The van der Waals surface area contributed by atoms with Crippen molar-refractivity contribution in [2.75, 3.05) is 18.9 Å². The highest BCUT2D eigenvalue weighted by Gasteiger charge is 2.32. The van der Waals surface area contributed by atoms with Gasteiger partial charge in [0.1, 0.15) is 17.7 Å². The zero-order chi connectivity index (χ0) is 14.5. The van der Waals surface area contributed by atoms with Gasteiger partial charge >= 0.3 is 0 Å². The Balaban J connectivity index is 1.53. The van der Waals surface area contributed by atoms with E-state index in [1.54, 1.807) is 18.0 Å². The van der Waals surface area contributed by atoms with Gasteiger partial charge in [-0.2, -0.15) is 0 Å². The first kappa shape index (κ1) is 14.2. The van der Waals surface area contributed by atoms with E-state index in [-0.39, 0.29) is 17.9 Å². The lowest BCUT2D eigenvalue weighted by molar-refractivity contribution is -0.136. The Labute approximate surface area is 128 Å². The van der Waals surface area contributed by atoms with Crippen LogP contribution in [0.15, 0.2) is 53.1 Å². The molecule has 1 amide bonds. The van der Waals surface area contributed by atoms with Gasteiger partial charge in [0, 0.05) is 12.3 Å². The molecule has 2 aromatic rings. The average Bonchev–Trinajstić information content (AvgIpc) is 3.19. The van der Waals surface area contributed by atoms with Crippen molar-refractivity contribution in [2.45, 2.75) is 12.0 Å². The summed E-state index contributed by atoms with van der Waals surface area (Å²) >= 11 is 1.72. The molecule has 2 heterocycles. The third-order valence-electron chi connectivity index (χ3n) is 3.33. The van der Waals surface area contributed by atoms with Crippen LogP contribution in [0.5, 0.6) is 0 Å². The van der Waals surface area contributed by atoms with E-state index in [2.05, 4.69) is 0 Å². The van der Waals surface area contributed by atoms with Gasteiger partial charge in [-0.3, -0.25) is 4.79 Å². The molecule has 1 aliphatic heterocycles. The molecule has 1 fully saturated rings. The minimum atomic E-state index is -0.0205. The summed E-state index contributed by atoms with van der Waals surface area (Å²) in [5.74, 6) is 1.77. The van der Waals surface area contributed by atoms with Crippen LogP contribution in [-0.2, 0) is 16.1 Å². The number of carbonyl (C=O) groups is 1. The Morgan fingerprint density at radius 3 is 2.90 bits per heavy atom. The van der Waals surface area contributed by atoms with Gasteiger partial charge in [0.05, 0.1) is 12.9 Å². The molecule has 1 atom stereocenters. The van der Waals surface area contributed by atoms with Crippen molar-refractivity contribution in [3.8, 4) is 0 Å². The molecule has 0 aliphatic carbocycles. The molecule has 110 valence electrons. The maximum atomic E-state index is 12.3. The van der Waals surface area contributed by atoms with E-state index in [4.69, 9.17) is 9.15 Å². The van der Waals surface area contributed by atoms with Gasteiger partial charge in [0.15, 0.2) is 0 Å². The number of amides is 1. The van der Waals surface area contributed by atoms with Crippen LogP contribution in [0.1, 0.15) is 16.7 Å². The SMILES string of the molecule is O=C(COCc1ccccc1)N1CCSC1c1ccco1. The molecular formula is C16H17NO3S. The van der Waals surface area contributed by atoms with Crippen LogP contribution in [0.25, 0.3) is 0 Å². The quantitative estimate of drug-likeness (QED) is 0.851. The molecule has 21 heavy (non-hydrogen) atoms. The Kier molecular flexibility index (Phi) is 4.62. The molecule has 5 heteroatoms. The van der Waals surface area contributed by atoms with Gasteiger partial charge in [-0.05, 0) is 17.7 Å². The first-order valence-electron chi connectivity index (χ1n) is 6.91. The highest BCUT2D eigenvalue weighted by atomic mass is 32.2. The lowest BCUT2D eigenvalue weighted by Crippen LogP contribution is -2.33. The van der Waals surface area contributed by atoms with Crippen molar-refractivity contribution >= 4 is 17.7 Å². The Bertz CT molecular complexity index is 570. The van der Waals surface area contributed by atoms with Crippen molar-refractivity contribution in [1.29, 1.82) is 0 Å². The standard InChI is InChI=1S/C16H17NO3S/c18-15(12-19-11-13-5-2-1-3-6-13)17-8-10-21-16(17)14-7-4-9-20-14/h1-7,9,16H,8,10-12H2. The lowest BCUT2D eigenvalue weighted by Gasteiger charge is -2.22. The van der Waals surface area contributed by atoms with Crippen molar-refractivity contribution in [1.82, 2.24) is 4.90 Å². The molecule has 1 aromatic carbocycles. The molecule has 0 saturated carbocycles. The van der Waals surface area contributed by atoms with Gasteiger partial charge in [-0.15, -0.1) is 11.8 Å². The molecule has 1 aromatic heterocycles. The van der Waals surface area contributed by atoms with Crippen LogP contribution in [0.3, 0.4) is 0 Å². The minimum Gasteiger partial charge on any atom is -0.466 e. The summed E-state index contributed by atoms with van der Waals surface area (Å²) in [5, 5.41) is -0.0205. The van der Waals surface area contributed by atoms with Crippen LogP contribution in [0.4, 0.5) is 0 Å². The Morgan fingerprint density at radius 1 is 1.29 bits per heavy atom. The zero-order valence-corrected chi connectivity index (χ0v) is 12.4. The third kappa shape index (κ3) is 3.49. The Hall–Kier alpha value is -1.72. The lowest BCUT2D eigenvalue weighted by atomic mass is 10.2. The van der Waals surface area contributed by atoms with Crippen LogP contribution in [0.2, 0.25) is 0 Å². The van der Waals surface area contributed by atoms with Crippen molar-refractivity contribution < 1.29 is 13.9 Å². The van der Waals surface area contributed by atoms with Crippen LogP contribution < -0.4 is 0 Å². The van der Waals surface area contributed by atoms with Crippen molar-refractivity contribution in [2.24, 2.45) is 0 Å². The minimum absolute atomic E-state index is 0.0114. The highest BCUT2D eigenvalue weighted by Crippen LogP contribution is 2.37. The first-order valence-corrected chi connectivity index (χ1v) is 7.95. The highest BCUT2D eigenvalue weighted by molar-refractivity contribution is 7.99. The monoisotopic (exact) mass is 303 g/mol. The number of furan rings is 1. The topological polar surface area (TPSA) is 42.7 Å². The molecule has 1 unspecified atom stereocenters. The number of benzene rings is 1. The van der Waals surface area contributed by atoms with E-state index >= 15 is 0 Å².